The van der Waals surface area contributed by atoms with E-state index < -0.39 is 0 Å². The minimum Gasteiger partial charge on any atom is -0.353 e. The van der Waals surface area contributed by atoms with E-state index in [1.165, 1.54) is 23.1 Å². The first-order valence-corrected chi connectivity index (χ1v) is 15.0. The summed E-state index contributed by atoms with van der Waals surface area (Å²) in [4.78, 5) is 43.9. The maximum Gasteiger partial charge on any atom is 0.277 e. The summed E-state index contributed by atoms with van der Waals surface area (Å²) < 4.78 is 2.22. The number of hydrogen-bond acceptors (Lipinski definition) is 11. The molecule has 9 nitrogen and oxygen atoms in total. The van der Waals surface area contributed by atoms with Gasteiger partial charge in [0.25, 0.3) is 5.91 Å². The number of nitrogens with zero attached hydrogens (tertiary/aromatic N) is 6. The molecule has 4 heterocycles. The molecule has 0 aliphatic carbocycles. The van der Waals surface area contributed by atoms with Crippen LogP contribution in [0.25, 0.3) is 10.6 Å². The number of anilines is 2. The highest BCUT2D eigenvalue weighted by Crippen LogP contribution is 2.36. The van der Waals surface area contributed by atoms with Crippen LogP contribution in [0, 0.1) is 6.92 Å². The van der Waals surface area contributed by atoms with Gasteiger partial charge in [-0.2, -0.15) is 0 Å². The first-order chi connectivity index (χ1) is 18.0. The van der Waals surface area contributed by atoms with Crippen LogP contribution in [-0.4, -0.2) is 81.9 Å². The normalized spacial score (nSPS) is 14.3. The van der Waals surface area contributed by atoms with Gasteiger partial charge in [0.2, 0.25) is 0 Å². The molecule has 0 bridgehead atoms. The summed E-state index contributed by atoms with van der Waals surface area (Å²) in [6.45, 7) is 9.19. The van der Waals surface area contributed by atoms with Crippen molar-refractivity contribution in [3.63, 3.8) is 0 Å². The molecule has 4 rings (SSSR count). The van der Waals surface area contributed by atoms with Gasteiger partial charge < -0.3 is 9.69 Å². The van der Waals surface area contributed by atoms with Gasteiger partial charge in [0.1, 0.15) is 17.8 Å². The standard InChI is InChI=1S/C25H33N7O2S3/c1-4-12-36-30(3)16-21-23(20-13-18(2)17-35-20)28-25(37-21)29-24(34)19-14-27-22(15-26-19)32-9-7-31(8-10-32)6-5-11-33/h11,13-15,17H,4-10,12,16H2,1-3H3,(H,28,29,34). The van der Waals surface area contributed by atoms with Crippen LogP contribution in [0.3, 0.4) is 0 Å². The van der Waals surface area contributed by atoms with Crippen LogP contribution in [0.15, 0.2) is 23.8 Å². The fourth-order valence-corrected chi connectivity index (χ4v) is 6.75. The third-order valence-corrected chi connectivity index (χ3v) is 9.07. The number of amides is 1. The van der Waals surface area contributed by atoms with E-state index in [1.807, 2.05) is 0 Å². The zero-order chi connectivity index (χ0) is 26.2. The Morgan fingerprint density at radius 3 is 2.70 bits per heavy atom. The summed E-state index contributed by atoms with van der Waals surface area (Å²) in [7, 11) is 2.09. The van der Waals surface area contributed by atoms with Crippen LogP contribution in [0.1, 0.15) is 40.7 Å². The Morgan fingerprint density at radius 1 is 1.24 bits per heavy atom. The smallest absolute Gasteiger partial charge is 0.277 e. The third-order valence-electron chi connectivity index (χ3n) is 5.89. The first kappa shape index (κ1) is 27.6. The molecule has 0 unspecified atom stereocenters. The van der Waals surface area contributed by atoms with Gasteiger partial charge in [-0.15, -0.1) is 11.3 Å². The van der Waals surface area contributed by atoms with E-state index in [9.17, 15) is 9.59 Å². The lowest BCUT2D eigenvalue weighted by Gasteiger charge is -2.34. The lowest BCUT2D eigenvalue weighted by Crippen LogP contribution is -2.47. The molecule has 3 aromatic heterocycles. The maximum atomic E-state index is 13.0. The Hall–Kier alpha value is -2.38. The van der Waals surface area contributed by atoms with Gasteiger partial charge in [-0.3, -0.25) is 15.0 Å². The third kappa shape index (κ3) is 7.57. The van der Waals surface area contributed by atoms with E-state index in [4.69, 9.17) is 4.98 Å². The summed E-state index contributed by atoms with van der Waals surface area (Å²) >= 11 is 4.98. The molecule has 1 aliphatic rings. The molecule has 12 heteroatoms. The number of thiophene rings is 1. The van der Waals surface area contributed by atoms with E-state index in [0.29, 0.717) is 11.6 Å². The molecular formula is C25H33N7O2S3. The zero-order valence-electron chi connectivity index (χ0n) is 21.5. The second-order valence-electron chi connectivity index (χ2n) is 8.90. The number of hydrogen-bond donors (Lipinski definition) is 1. The molecule has 1 saturated heterocycles. The van der Waals surface area contributed by atoms with Gasteiger partial charge in [0.05, 0.1) is 27.8 Å². The molecule has 0 spiro atoms. The fourth-order valence-electron chi connectivity index (χ4n) is 3.95. The Balaban J connectivity index is 1.41. The molecule has 198 valence electrons. The number of piperazine rings is 1. The average Bonchev–Trinajstić information content (AvgIpc) is 3.52. The molecule has 1 amide bonds. The first-order valence-electron chi connectivity index (χ1n) is 12.4. The molecular weight excluding hydrogens is 527 g/mol. The Morgan fingerprint density at radius 2 is 2.05 bits per heavy atom. The van der Waals surface area contributed by atoms with Crippen molar-refractivity contribution in [3.05, 3.63) is 40.0 Å². The van der Waals surface area contributed by atoms with Gasteiger partial charge >= 0.3 is 0 Å². The number of thiazole rings is 1. The molecule has 1 aliphatic heterocycles. The zero-order valence-corrected chi connectivity index (χ0v) is 23.9. The summed E-state index contributed by atoms with van der Waals surface area (Å²) in [5.74, 6) is 1.50. The van der Waals surface area contributed by atoms with Crippen molar-refractivity contribution in [2.24, 2.45) is 0 Å². The SMILES string of the molecule is CCCSN(C)Cc1sc(NC(=O)c2cnc(N3CCN(CCC=O)CC3)cn2)nc1-c1cc(C)cs1. The predicted octanol–water partition coefficient (Wildman–Crippen LogP) is 4.42. The highest BCUT2D eigenvalue weighted by Gasteiger charge is 2.21. The Labute approximate surface area is 230 Å². The number of rotatable bonds is 12. The lowest BCUT2D eigenvalue weighted by molar-refractivity contribution is -0.108. The number of aromatic nitrogens is 3. The average molecular weight is 560 g/mol. The van der Waals surface area contributed by atoms with E-state index in [2.05, 4.69) is 61.7 Å². The second-order valence-corrected chi connectivity index (χ2v) is 12.2. The highest BCUT2D eigenvalue weighted by molar-refractivity contribution is 7.96. The van der Waals surface area contributed by atoms with Crippen molar-refractivity contribution < 1.29 is 9.59 Å². The molecule has 0 saturated carbocycles. The summed E-state index contributed by atoms with van der Waals surface area (Å²) in [5, 5.41) is 5.61. The van der Waals surface area contributed by atoms with Gasteiger partial charge in [0.15, 0.2) is 5.13 Å². The maximum absolute atomic E-state index is 13.0. The lowest BCUT2D eigenvalue weighted by atomic mass is 10.2. The minimum absolute atomic E-state index is 0.259. The summed E-state index contributed by atoms with van der Waals surface area (Å²) in [6, 6.07) is 2.14. The van der Waals surface area contributed by atoms with Gasteiger partial charge in [0, 0.05) is 51.4 Å². The van der Waals surface area contributed by atoms with Crippen molar-refractivity contribution in [1.29, 1.82) is 0 Å². The van der Waals surface area contributed by atoms with Crippen LogP contribution < -0.4 is 10.2 Å². The van der Waals surface area contributed by atoms with Crippen LogP contribution in [0.2, 0.25) is 0 Å². The quantitative estimate of drug-likeness (QED) is 0.256. The van der Waals surface area contributed by atoms with Crippen LogP contribution in [-0.2, 0) is 11.3 Å². The monoisotopic (exact) mass is 559 g/mol. The Kier molecular flexibility index (Phi) is 10.0. The number of carbonyl (C=O) groups is 2. The van der Waals surface area contributed by atoms with E-state index in [1.54, 1.807) is 29.5 Å². The summed E-state index contributed by atoms with van der Waals surface area (Å²) in [6.07, 6.45) is 5.82. The van der Waals surface area contributed by atoms with Crippen LogP contribution in [0.4, 0.5) is 10.9 Å². The van der Waals surface area contributed by atoms with Crippen molar-refractivity contribution >= 4 is 57.8 Å². The number of aldehydes is 1. The van der Waals surface area contributed by atoms with Crippen molar-refractivity contribution in [2.45, 2.75) is 33.2 Å². The molecule has 0 atom stereocenters. The largest absolute Gasteiger partial charge is 0.353 e. The number of nitrogens with one attached hydrogen (secondary N) is 1. The van der Waals surface area contributed by atoms with Crippen LogP contribution >= 0.6 is 34.6 Å². The summed E-state index contributed by atoms with van der Waals surface area (Å²) in [5.41, 5.74) is 2.39. The van der Waals surface area contributed by atoms with Crippen molar-refractivity contribution in [2.75, 3.05) is 55.7 Å². The number of carbonyl (C=O) groups excluding carboxylic acids is 2. The van der Waals surface area contributed by atoms with E-state index in [0.717, 1.165) is 79.0 Å². The van der Waals surface area contributed by atoms with E-state index >= 15 is 0 Å². The number of aryl methyl sites for hydroxylation is 1. The molecule has 0 radical (unpaired) electrons. The van der Waals surface area contributed by atoms with Gasteiger partial charge in [-0.25, -0.2) is 19.3 Å². The van der Waals surface area contributed by atoms with Crippen molar-refractivity contribution in [1.82, 2.24) is 24.2 Å². The Bertz CT molecular complexity index is 1170. The molecule has 3 aromatic rings. The second kappa shape index (κ2) is 13.4. The van der Waals surface area contributed by atoms with Gasteiger partial charge in [-0.1, -0.05) is 30.2 Å². The highest BCUT2D eigenvalue weighted by atomic mass is 32.2. The van der Waals surface area contributed by atoms with Crippen molar-refractivity contribution in [3.8, 4) is 10.6 Å². The molecule has 1 fully saturated rings. The van der Waals surface area contributed by atoms with Gasteiger partial charge in [-0.05, 0) is 37.4 Å². The molecule has 37 heavy (non-hydrogen) atoms. The fraction of sp³-hybridized carbons (Fsp3) is 0.480. The molecule has 0 aromatic carbocycles. The minimum atomic E-state index is -0.319. The van der Waals surface area contributed by atoms with Crippen LogP contribution in [0.5, 0.6) is 0 Å². The topological polar surface area (TPSA) is 94.6 Å². The molecule has 1 N–H and O–H groups in total. The predicted molar refractivity (Wildman–Crippen MR) is 154 cm³/mol. The van der Waals surface area contributed by atoms with E-state index in [-0.39, 0.29) is 11.6 Å².